The number of benzene rings is 1. The van der Waals surface area contributed by atoms with Crippen molar-refractivity contribution in [2.24, 2.45) is 0 Å². The van der Waals surface area contributed by atoms with Crippen molar-refractivity contribution in [3.63, 3.8) is 0 Å². The standard InChI is InChI=1S/C12H16O.C2H6/c1-9(2)12-6-5-10(3)7-11(12)8-13-4;1-2/h5-7H,1,8H2,2-4H3;1-2H3. The Kier molecular flexibility index (Phi) is 6.72. The second kappa shape index (κ2) is 7.24. The number of methoxy groups -OCH3 is 1. The fourth-order valence-corrected chi connectivity index (χ4v) is 1.41. The summed E-state index contributed by atoms with van der Waals surface area (Å²) in [4.78, 5) is 0. The van der Waals surface area contributed by atoms with Crippen LogP contribution in [-0.2, 0) is 11.3 Å². The summed E-state index contributed by atoms with van der Waals surface area (Å²) < 4.78 is 5.13. The number of hydrogen-bond acceptors (Lipinski definition) is 1. The summed E-state index contributed by atoms with van der Waals surface area (Å²) in [6, 6.07) is 6.35. The molecule has 0 aliphatic carbocycles. The van der Waals surface area contributed by atoms with Crippen LogP contribution in [0.4, 0.5) is 0 Å². The van der Waals surface area contributed by atoms with E-state index < -0.39 is 0 Å². The normalized spacial score (nSPS) is 9.13. The predicted molar refractivity (Wildman–Crippen MR) is 67.9 cm³/mol. The van der Waals surface area contributed by atoms with E-state index in [4.69, 9.17) is 4.74 Å². The van der Waals surface area contributed by atoms with Crippen molar-refractivity contribution in [2.45, 2.75) is 34.3 Å². The van der Waals surface area contributed by atoms with Crippen LogP contribution in [-0.4, -0.2) is 7.11 Å². The molecular formula is C14H22O. The Morgan fingerprint density at radius 2 is 1.93 bits per heavy atom. The highest BCUT2D eigenvalue weighted by atomic mass is 16.5. The Morgan fingerprint density at radius 1 is 1.33 bits per heavy atom. The maximum absolute atomic E-state index is 5.13. The predicted octanol–water partition coefficient (Wildman–Crippen LogP) is 4.20. The number of allylic oxidation sites excluding steroid dienone is 1. The molecule has 0 saturated carbocycles. The molecule has 0 radical (unpaired) electrons. The lowest BCUT2D eigenvalue weighted by molar-refractivity contribution is 0.184. The quantitative estimate of drug-likeness (QED) is 0.720. The van der Waals surface area contributed by atoms with Gasteiger partial charge in [-0.2, -0.15) is 0 Å². The summed E-state index contributed by atoms with van der Waals surface area (Å²) in [6.45, 7) is 12.7. The van der Waals surface area contributed by atoms with Crippen LogP contribution in [0.5, 0.6) is 0 Å². The zero-order valence-electron chi connectivity index (χ0n) is 10.6. The van der Waals surface area contributed by atoms with Gasteiger partial charge in [-0.05, 0) is 25.0 Å². The molecule has 1 heteroatoms. The fourth-order valence-electron chi connectivity index (χ4n) is 1.41. The molecule has 0 aliphatic heterocycles. The highest BCUT2D eigenvalue weighted by Crippen LogP contribution is 2.19. The molecule has 0 fully saturated rings. The van der Waals surface area contributed by atoms with E-state index in [-0.39, 0.29) is 0 Å². The molecule has 0 N–H and O–H groups in total. The molecule has 0 aliphatic rings. The first-order valence-corrected chi connectivity index (χ1v) is 5.39. The molecule has 0 amide bonds. The highest BCUT2D eigenvalue weighted by Gasteiger charge is 2.02. The van der Waals surface area contributed by atoms with Gasteiger partial charge in [-0.15, -0.1) is 0 Å². The maximum Gasteiger partial charge on any atom is 0.0719 e. The third kappa shape index (κ3) is 4.30. The van der Waals surface area contributed by atoms with E-state index in [2.05, 4.69) is 31.7 Å². The van der Waals surface area contributed by atoms with E-state index in [1.807, 2.05) is 20.8 Å². The number of ether oxygens (including phenoxy) is 1. The van der Waals surface area contributed by atoms with E-state index in [1.54, 1.807) is 7.11 Å². The van der Waals surface area contributed by atoms with Crippen LogP contribution in [0, 0.1) is 6.92 Å². The molecule has 1 rings (SSSR count). The Hall–Kier alpha value is -1.08. The van der Waals surface area contributed by atoms with Crippen LogP contribution in [0.3, 0.4) is 0 Å². The van der Waals surface area contributed by atoms with Gasteiger partial charge in [-0.1, -0.05) is 49.8 Å². The van der Waals surface area contributed by atoms with Gasteiger partial charge in [0.25, 0.3) is 0 Å². The summed E-state index contributed by atoms with van der Waals surface area (Å²) in [5.41, 5.74) is 4.77. The first kappa shape index (κ1) is 13.9. The Balaban J connectivity index is 0.000000921. The molecule has 0 aromatic heterocycles. The zero-order valence-corrected chi connectivity index (χ0v) is 10.6. The van der Waals surface area contributed by atoms with E-state index in [0.717, 1.165) is 5.57 Å². The van der Waals surface area contributed by atoms with Gasteiger partial charge < -0.3 is 4.74 Å². The number of rotatable bonds is 3. The van der Waals surface area contributed by atoms with Gasteiger partial charge in [0, 0.05) is 7.11 Å². The summed E-state index contributed by atoms with van der Waals surface area (Å²) >= 11 is 0. The number of hydrogen-bond donors (Lipinski definition) is 0. The summed E-state index contributed by atoms with van der Waals surface area (Å²) in [6.07, 6.45) is 0. The van der Waals surface area contributed by atoms with E-state index in [1.165, 1.54) is 16.7 Å². The van der Waals surface area contributed by atoms with Gasteiger partial charge >= 0.3 is 0 Å². The Morgan fingerprint density at radius 3 is 2.40 bits per heavy atom. The molecule has 0 unspecified atom stereocenters. The Bertz CT molecular complexity index is 313. The number of aryl methyl sites for hydroxylation is 1. The van der Waals surface area contributed by atoms with Crippen molar-refractivity contribution in [1.29, 1.82) is 0 Å². The SMILES string of the molecule is C=C(C)c1ccc(C)cc1COC.CC. The van der Waals surface area contributed by atoms with Crippen LogP contribution in [0.15, 0.2) is 24.8 Å². The van der Waals surface area contributed by atoms with Crippen LogP contribution < -0.4 is 0 Å². The average Bonchev–Trinajstić information content (AvgIpc) is 2.21. The molecule has 0 bridgehead atoms. The summed E-state index contributed by atoms with van der Waals surface area (Å²) in [5, 5.41) is 0. The van der Waals surface area contributed by atoms with Crippen LogP contribution in [0.25, 0.3) is 5.57 Å². The molecule has 84 valence electrons. The largest absolute Gasteiger partial charge is 0.380 e. The molecule has 0 heterocycles. The lowest BCUT2D eigenvalue weighted by Gasteiger charge is -2.09. The van der Waals surface area contributed by atoms with Gasteiger partial charge in [0.05, 0.1) is 6.61 Å². The molecule has 0 spiro atoms. The van der Waals surface area contributed by atoms with Crippen LogP contribution in [0.2, 0.25) is 0 Å². The smallest absolute Gasteiger partial charge is 0.0719 e. The summed E-state index contributed by atoms with van der Waals surface area (Å²) in [7, 11) is 1.71. The van der Waals surface area contributed by atoms with E-state index in [0.29, 0.717) is 6.61 Å². The van der Waals surface area contributed by atoms with Gasteiger partial charge in [-0.3, -0.25) is 0 Å². The molecule has 0 atom stereocenters. The fraction of sp³-hybridized carbons (Fsp3) is 0.429. The molecule has 1 aromatic rings. The van der Waals surface area contributed by atoms with Crippen LogP contribution >= 0.6 is 0 Å². The first-order chi connectivity index (χ1) is 7.15. The van der Waals surface area contributed by atoms with E-state index in [9.17, 15) is 0 Å². The van der Waals surface area contributed by atoms with Gasteiger partial charge in [0.1, 0.15) is 0 Å². The highest BCUT2D eigenvalue weighted by molar-refractivity contribution is 5.64. The summed E-state index contributed by atoms with van der Waals surface area (Å²) in [5.74, 6) is 0. The van der Waals surface area contributed by atoms with E-state index >= 15 is 0 Å². The third-order valence-corrected chi connectivity index (χ3v) is 2.02. The molecular weight excluding hydrogens is 184 g/mol. The second-order valence-electron chi connectivity index (χ2n) is 3.37. The minimum absolute atomic E-state index is 0.657. The van der Waals surface area contributed by atoms with Crippen molar-refractivity contribution in [1.82, 2.24) is 0 Å². The zero-order chi connectivity index (χ0) is 11.8. The van der Waals surface area contributed by atoms with Crippen molar-refractivity contribution in [3.8, 4) is 0 Å². The molecule has 1 aromatic carbocycles. The molecule has 1 nitrogen and oxygen atoms in total. The van der Waals surface area contributed by atoms with Crippen LogP contribution in [0.1, 0.15) is 37.5 Å². The molecule has 0 saturated heterocycles. The molecule has 15 heavy (non-hydrogen) atoms. The van der Waals surface area contributed by atoms with Crippen molar-refractivity contribution in [3.05, 3.63) is 41.5 Å². The lowest BCUT2D eigenvalue weighted by atomic mass is 10.0. The topological polar surface area (TPSA) is 9.23 Å². The van der Waals surface area contributed by atoms with Gasteiger partial charge in [0.2, 0.25) is 0 Å². The van der Waals surface area contributed by atoms with Gasteiger partial charge in [0.15, 0.2) is 0 Å². The second-order valence-corrected chi connectivity index (χ2v) is 3.37. The Labute approximate surface area is 93.8 Å². The first-order valence-electron chi connectivity index (χ1n) is 5.39. The van der Waals surface area contributed by atoms with Crippen molar-refractivity contribution < 1.29 is 4.74 Å². The monoisotopic (exact) mass is 206 g/mol. The minimum Gasteiger partial charge on any atom is -0.380 e. The van der Waals surface area contributed by atoms with Gasteiger partial charge in [-0.25, -0.2) is 0 Å². The minimum atomic E-state index is 0.657. The average molecular weight is 206 g/mol. The lowest BCUT2D eigenvalue weighted by Crippen LogP contribution is -1.94. The maximum atomic E-state index is 5.13. The van der Waals surface area contributed by atoms with Crippen molar-refractivity contribution >= 4 is 5.57 Å². The third-order valence-electron chi connectivity index (χ3n) is 2.02. The van der Waals surface area contributed by atoms with Crippen molar-refractivity contribution in [2.75, 3.05) is 7.11 Å².